The predicted octanol–water partition coefficient (Wildman–Crippen LogP) is 0.885. The van der Waals surface area contributed by atoms with Gasteiger partial charge in [-0.15, -0.1) is 24.0 Å². The highest BCUT2D eigenvalue weighted by Gasteiger charge is 2.16. The highest BCUT2D eigenvalue weighted by molar-refractivity contribution is 14.0. The first-order valence-electron chi connectivity index (χ1n) is 6.35. The molecule has 0 aromatic heterocycles. The summed E-state index contributed by atoms with van der Waals surface area (Å²) in [4.78, 5) is 6.77. The summed E-state index contributed by atoms with van der Waals surface area (Å²) in [5.74, 6) is 1.22. The Kier molecular flexibility index (Phi) is 9.76. The highest BCUT2D eigenvalue weighted by atomic mass is 127. The Bertz CT molecular complexity index is 242. The quantitative estimate of drug-likeness (QED) is 0.429. The number of likely N-dealkylation sites (tertiary alicyclic amines) is 1. The van der Waals surface area contributed by atoms with Crippen molar-refractivity contribution in [3.8, 4) is 0 Å². The van der Waals surface area contributed by atoms with Gasteiger partial charge < -0.3 is 20.7 Å². The van der Waals surface area contributed by atoms with E-state index in [1.807, 2.05) is 6.92 Å². The highest BCUT2D eigenvalue weighted by Crippen LogP contribution is 2.15. The summed E-state index contributed by atoms with van der Waals surface area (Å²) in [6.45, 7) is 5.86. The number of rotatable bonds is 5. The van der Waals surface area contributed by atoms with E-state index < -0.39 is 0 Å². The molecule has 1 unspecified atom stereocenters. The van der Waals surface area contributed by atoms with Gasteiger partial charge in [-0.2, -0.15) is 0 Å². The average Bonchev–Trinajstić information content (AvgIpc) is 2.28. The van der Waals surface area contributed by atoms with Crippen LogP contribution in [-0.4, -0.2) is 57.3 Å². The molecule has 0 radical (unpaired) electrons. The molecule has 0 saturated carbocycles. The lowest BCUT2D eigenvalue weighted by Crippen LogP contribution is -2.41. The van der Waals surface area contributed by atoms with Crippen molar-refractivity contribution >= 4 is 29.9 Å². The van der Waals surface area contributed by atoms with Gasteiger partial charge >= 0.3 is 0 Å². The van der Waals surface area contributed by atoms with Gasteiger partial charge in [0.2, 0.25) is 0 Å². The number of nitrogens with one attached hydrogen (secondary N) is 1. The Morgan fingerprint density at radius 2 is 2.11 bits per heavy atom. The van der Waals surface area contributed by atoms with E-state index in [1.54, 1.807) is 7.11 Å². The molecule has 0 aromatic carbocycles. The molecule has 108 valence electrons. The number of nitrogens with two attached hydrogens (primary N) is 1. The van der Waals surface area contributed by atoms with Gasteiger partial charge in [0, 0.05) is 19.7 Å². The van der Waals surface area contributed by atoms with Crippen LogP contribution in [-0.2, 0) is 4.74 Å². The number of ether oxygens (including phenoxy) is 1. The second-order valence-corrected chi connectivity index (χ2v) is 4.97. The van der Waals surface area contributed by atoms with Crippen LogP contribution >= 0.6 is 24.0 Å². The normalized spacial score (nSPS) is 20.3. The van der Waals surface area contributed by atoms with Crippen LogP contribution in [0.25, 0.3) is 0 Å². The fourth-order valence-electron chi connectivity index (χ4n) is 2.06. The number of hydrogen-bond donors (Lipinski definition) is 2. The van der Waals surface area contributed by atoms with Gasteiger partial charge in [-0.3, -0.25) is 4.99 Å². The molecule has 0 aliphatic carbocycles. The van der Waals surface area contributed by atoms with Crippen molar-refractivity contribution in [3.05, 3.63) is 0 Å². The zero-order valence-electron chi connectivity index (χ0n) is 11.7. The second-order valence-electron chi connectivity index (χ2n) is 4.97. The summed E-state index contributed by atoms with van der Waals surface area (Å²) in [6, 6.07) is 0.209. The van der Waals surface area contributed by atoms with Crippen LogP contribution in [0.15, 0.2) is 4.99 Å². The van der Waals surface area contributed by atoms with Crippen molar-refractivity contribution in [2.24, 2.45) is 16.6 Å². The van der Waals surface area contributed by atoms with Crippen LogP contribution in [0.5, 0.6) is 0 Å². The second kappa shape index (κ2) is 9.80. The lowest BCUT2D eigenvalue weighted by Gasteiger charge is -2.27. The van der Waals surface area contributed by atoms with Crippen LogP contribution < -0.4 is 11.1 Å². The maximum atomic E-state index is 5.82. The Morgan fingerprint density at radius 3 is 2.67 bits per heavy atom. The Balaban J connectivity index is 0.00000289. The molecule has 0 amide bonds. The van der Waals surface area contributed by atoms with Crippen molar-refractivity contribution in [2.45, 2.75) is 25.8 Å². The first-order valence-corrected chi connectivity index (χ1v) is 6.35. The monoisotopic (exact) mass is 370 g/mol. The Hall–Kier alpha value is -0.0800. The van der Waals surface area contributed by atoms with Crippen LogP contribution in [0.2, 0.25) is 0 Å². The number of nitrogens with zero attached hydrogens (tertiary/aromatic N) is 2. The van der Waals surface area contributed by atoms with E-state index in [9.17, 15) is 0 Å². The fourth-order valence-corrected chi connectivity index (χ4v) is 2.06. The van der Waals surface area contributed by atoms with Gasteiger partial charge in [-0.1, -0.05) is 0 Å². The molecule has 1 aliphatic rings. The number of halogens is 1. The smallest absolute Gasteiger partial charge is 0.188 e. The molecular weight excluding hydrogens is 343 g/mol. The van der Waals surface area contributed by atoms with Crippen LogP contribution in [0.1, 0.15) is 19.8 Å². The number of hydrogen-bond acceptors (Lipinski definition) is 3. The Morgan fingerprint density at radius 1 is 1.50 bits per heavy atom. The van der Waals surface area contributed by atoms with E-state index in [0.717, 1.165) is 6.54 Å². The van der Waals surface area contributed by atoms with Crippen molar-refractivity contribution in [3.63, 3.8) is 0 Å². The van der Waals surface area contributed by atoms with E-state index in [2.05, 4.69) is 22.3 Å². The molecule has 1 saturated heterocycles. The minimum absolute atomic E-state index is 0. The lowest BCUT2D eigenvalue weighted by atomic mass is 9.97. The lowest BCUT2D eigenvalue weighted by molar-refractivity contribution is 0.179. The van der Waals surface area contributed by atoms with E-state index in [1.165, 1.54) is 25.9 Å². The van der Waals surface area contributed by atoms with Crippen LogP contribution in [0, 0.1) is 5.92 Å². The minimum atomic E-state index is 0. The zero-order chi connectivity index (χ0) is 12.7. The molecule has 3 N–H and O–H groups in total. The maximum absolute atomic E-state index is 5.82. The van der Waals surface area contributed by atoms with Gasteiger partial charge in [0.25, 0.3) is 0 Å². The van der Waals surface area contributed by atoms with E-state index in [-0.39, 0.29) is 30.0 Å². The van der Waals surface area contributed by atoms with Gasteiger partial charge in [0.1, 0.15) is 0 Å². The van der Waals surface area contributed by atoms with Crippen molar-refractivity contribution in [2.75, 3.05) is 40.4 Å². The largest absolute Gasteiger partial charge is 0.383 e. The third-order valence-electron chi connectivity index (χ3n) is 3.17. The number of aliphatic imine (C=N–C) groups is 1. The molecule has 1 rings (SSSR count). The van der Waals surface area contributed by atoms with Gasteiger partial charge in [0.05, 0.1) is 6.61 Å². The summed E-state index contributed by atoms with van der Waals surface area (Å²) >= 11 is 0. The standard InChI is InChI=1S/C12H26N4O.HI/c1-10(9-17-3)15-12(13)14-8-11-4-6-16(2)7-5-11;/h10-11H,4-9H2,1-3H3,(H3,13,14,15);1H. The van der Waals surface area contributed by atoms with Gasteiger partial charge in [-0.25, -0.2) is 0 Å². The summed E-state index contributed by atoms with van der Waals surface area (Å²) in [6.07, 6.45) is 2.45. The molecule has 1 aliphatic heterocycles. The van der Waals surface area contributed by atoms with E-state index in [0.29, 0.717) is 18.5 Å². The third kappa shape index (κ3) is 7.38. The predicted molar refractivity (Wildman–Crippen MR) is 86.6 cm³/mol. The first-order chi connectivity index (χ1) is 8.11. The molecule has 1 atom stereocenters. The van der Waals surface area contributed by atoms with Crippen molar-refractivity contribution in [1.29, 1.82) is 0 Å². The van der Waals surface area contributed by atoms with E-state index >= 15 is 0 Å². The molecule has 0 spiro atoms. The first kappa shape index (κ1) is 17.9. The van der Waals surface area contributed by atoms with Crippen LogP contribution in [0.4, 0.5) is 0 Å². The molecule has 18 heavy (non-hydrogen) atoms. The summed E-state index contributed by atoms with van der Waals surface area (Å²) in [5.41, 5.74) is 5.82. The SMILES string of the molecule is COCC(C)NC(N)=NCC1CCN(C)CC1.I. The topological polar surface area (TPSA) is 62.9 Å². The molecule has 1 fully saturated rings. The van der Waals surface area contributed by atoms with Gasteiger partial charge in [0.15, 0.2) is 5.96 Å². The third-order valence-corrected chi connectivity index (χ3v) is 3.17. The molecule has 6 heteroatoms. The van der Waals surface area contributed by atoms with Crippen molar-refractivity contribution < 1.29 is 4.74 Å². The molecule has 0 bridgehead atoms. The maximum Gasteiger partial charge on any atom is 0.188 e. The Labute approximate surface area is 128 Å². The van der Waals surface area contributed by atoms with Crippen LogP contribution in [0.3, 0.4) is 0 Å². The molecule has 5 nitrogen and oxygen atoms in total. The number of piperidine rings is 1. The zero-order valence-corrected chi connectivity index (χ0v) is 14.0. The number of methoxy groups -OCH3 is 1. The average molecular weight is 370 g/mol. The number of guanidine groups is 1. The molecular formula is C12H27IN4O. The molecule has 0 aromatic rings. The summed E-state index contributed by atoms with van der Waals surface area (Å²) in [5, 5.41) is 3.12. The minimum Gasteiger partial charge on any atom is -0.383 e. The van der Waals surface area contributed by atoms with Crippen molar-refractivity contribution in [1.82, 2.24) is 10.2 Å². The van der Waals surface area contributed by atoms with E-state index in [4.69, 9.17) is 10.5 Å². The van der Waals surface area contributed by atoms with Gasteiger partial charge in [-0.05, 0) is 45.8 Å². The fraction of sp³-hybridized carbons (Fsp3) is 0.917. The summed E-state index contributed by atoms with van der Waals surface area (Å²) in [7, 11) is 3.85. The molecule has 1 heterocycles. The summed E-state index contributed by atoms with van der Waals surface area (Å²) < 4.78 is 5.03.